The molecule has 0 amide bonds. The Hall–Kier alpha value is -0.0736. The molecule has 0 aliphatic heterocycles. The van der Waals surface area contributed by atoms with Crippen LogP contribution in [0.1, 0.15) is 62.5 Å². The minimum absolute atomic E-state index is 0. The third kappa shape index (κ3) is 9.73. The van der Waals surface area contributed by atoms with E-state index in [0.29, 0.717) is 17.5 Å². The summed E-state index contributed by atoms with van der Waals surface area (Å²) in [6.45, 7) is 1.81. The van der Waals surface area contributed by atoms with Crippen LogP contribution in [0.3, 0.4) is 0 Å². The molecule has 162 valence electrons. The summed E-state index contributed by atoms with van der Waals surface area (Å²) in [5.74, 6) is -0.600. The van der Waals surface area contributed by atoms with E-state index >= 15 is 0 Å². The zero-order chi connectivity index (χ0) is 21.2. The number of phenolic OH excluding ortho intramolecular Hbond substituents is 1. The number of ether oxygens (including phenoxy) is 2. The monoisotopic (exact) mass is 458 g/mol. The molecular formula is C19H31KO8S. The fourth-order valence-electron chi connectivity index (χ4n) is 3.19. The first-order valence-corrected chi connectivity index (χ1v) is 10.8. The van der Waals surface area contributed by atoms with Gasteiger partial charge < -0.3 is 28.4 Å². The van der Waals surface area contributed by atoms with Crippen molar-refractivity contribution in [2.75, 3.05) is 20.8 Å². The van der Waals surface area contributed by atoms with E-state index in [1.54, 1.807) is 6.92 Å². The molecule has 0 bridgehead atoms. The number of hydrogen-bond donors (Lipinski definition) is 2. The van der Waals surface area contributed by atoms with Crippen LogP contribution >= 0.6 is 0 Å². The van der Waals surface area contributed by atoms with Crippen molar-refractivity contribution < 1.29 is 88.2 Å². The van der Waals surface area contributed by atoms with Crippen molar-refractivity contribution in [3.05, 3.63) is 11.1 Å². The van der Waals surface area contributed by atoms with Gasteiger partial charge in [-0.3, -0.25) is 0 Å². The van der Waals surface area contributed by atoms with Gasteiger partial charge in [-0.05, 0) is 26.2 Å². The van der Waals surface area contributed by atoms with Crippen LogP contribution in [0.15, 0.2) is 0 Å². The quantitative estimate of drug-likeness (QED) is 0.175. The van der Waals surface area contributed by atoms with E-state index in [1.165, 1.54) is 14.2 Å². The van der Waals surface area contributed by atoms with Crippen LogP contribution in [-0.2, 0) is 16.8 Å². The van der Waals surface area contributed by atoms with Crippen LogP contribution in [-0.4, -0.2) is 44.0 Å². The summed E-state index contributed by atoms with van der Waals surface area (Å²) in [6, 6.07) is 0. The van der Waals surface area contributed by atoms with Gasteiger partial charge in [-0.15, -0.1) is 0 Å². The maximum Gasteiger partial charge on any atom is 1.00 e. The van der Waals surface area contributed by atoms with E-state index in [-0.39, 0.29) is 81.0 Å². The summed E-state index contributed by atoms with van der Waals surface area (Å²) >= 11 is 0. The van der Waals surface area contributed by atoms with Crippen molar-refractivity contribution in [3.63, 3.8) is 0 Å². The number of benzene rings is 1. The predicted molar refractivity (Wildman–Crippen MR) is 104 cm³/mol. The first kappa shape index (κ1) is 28.9. The van der Waals surface area contributed by atoms with Gasteiger partial charge in [0.1, 0.15) is 0 Å². The molecule has 0 atom stereocenters. The first-order chi connectivity index (χ1) is 13.3. The molecule has 1 aromatic rings. The third-order valence-corrected chi connectivity index (χ3v) is 5.01. The Bertz CT molecular complexity index is 722. The van der Waals surface area contributed by atoms with Gasteiger partial charge in [0.25, 0.3) is 10.4 Å². The van der Waals surface area contributed by atoms with Crippen LogP contribution in [0, 0.1) is 6.92 Å². The molecule has 8 nitrogen and oxygen atoms in total. The zero-order valence-corrected chi connectivity index (χ0v) is 21.8. The van der Waals surface area contributed by atoms with Crippen LogP contribution in [0.2, 0.25) is 0 Å². The molecule has 0 aliphatic carbocycles. The van der Waals surface area contributed by atoms with E-state index in [1.807, 2.05) is 0 Å². The molecular weight excluding hydrogens is 427 g/mol. The third-order valence-electron chi connectivity index (χ3n) is 4.64. The first-order valence-electron chi connectivity index (χ1n) is 9.49. The Balaban J connectivity index is 0.00000784. The van der Waals surface area contributed by atoms with Crippen molar-refractivity contribution >= 4 is 10.4 Å². The summed E-state index contributed by atoms with van der Waals surface area (Å²) < 4.78 is 48.1. The molecule has 0 saturated heterocycles. The Kier molecular flexibility index (Phi) is 14.8. The van der Waals surface area contributed by atoms with Gasteiger partial charge in [-0.2, -0.15) is 0 Å². The van der Waals surface area contributed by atoms with Crippen LogP contribution in [0.4, 0.5) is 0 Å². The number of aliphatic hydroxyl groups is 1. The van der Waals surface area contributed by atoms with Gasteiger partial charge in [0, 0.05) is 17.7 Å². The molecule has 0 heterocycles. The summed E-state index contributed by atoms with van der Waals surface area (Å²) in [4.78, 5) is 0. The second-order valence-electron chi connectivity index (χ2n) is 6.64. The van der Waals surface area contributed by atoms with Crippen molar-refractivity contribution in [1.82, 2.24) is 0 Å². The topological polar surface area (TPSA) is 125 Å². The fourth-order valence-corrected chi connectivity index (χ4v) is 3.59. The molecule has 0 aromatic heterocycles. The van der Waals surface area contributed by atoms with Gasteiger partial charge in [0.15, 0.2) is 11.5 Å². The SMILES string of the molecule is COc1c(O)c(CCCCCCCCCCO)c(C)c(OS(=O)(=O)[O-])c1OC.[K+]. The van der Waals surface area contributed by atoms with Crippen LogP contribution in [0.25, 0.3) is 0 Å². The van der Waals surface area contributed by atoms with Crippen molar-refractivity contribution in [2.45, 2.75) is 64.7 Å². The molecule has 0 radical (unpaired) electrons. The number of rotatable bonds is 14. The number of phenols is 1. The Morgan fingerprint density at radius 3 is 1.79 bits per heavy atom. The molecule has 1 rings (SSSR count). The Morgan fingerprint density at radius 1 is 0.862 bits per heavy atom. The van der Waals surface area contributed by atoms with Crippen molar-refractivity contribution in [2.24, 2.45) is 0 Å². The van der Waals surface area contributed by atoms with Gasteiger partial charge in [0.2, 0.25) is 11.5 Å². The predicted octanol–water partition coefficient (Wildman–Crippen LogP) is 0.216. The molecule has 0 aliphatic rings. The summed E-state index contributed by atoms with van der Waals surface area (Å²) in [5.41, 5.74) is 0.804. The Labute approximate surface area is 216 Å². The van der Waals surface area contributed by atoms with Gasteiger partial charge in [-0.1, -0.05) is 38.5 Å². The standard InChI is InChI=1S/C19H32O8S.K/c1-14-15(12-10-8-6-4-5-7-9-11-13-20)16(21)18(25-2)19(26-3)17(14)27-28(22,23)24;/h20-21H,4-13H2,1-3H3,(H,22,23,24);/q;+1/p-1. The van der Waals surface area contributed by atoms with E-state index < -0.39 is 10.4 Å². The summed E-state index contributed by atoms with van der Waals surface area (Å²) in [6.07, 6.45) is 8.49. The van der Waals surface area contributed by atoms with Gasteiger partial charge in [0.05, 0.1) is 14.2 Å². The number of hydrogen-bond acceptors (Lipinski definition) is 8. The average Bonchev–Trinajstić information content (AvgIpc) is 2.63. The molecule has 29 heavy (non-hydrogen) atoms. The minimum Gasteiger partial charge on any atom is -0.716 e. The van der Waals surface area contributed by atoms with Gasteiger partial charge >= 0.3 is 51.4 Å². The zero-order valence-electron chi connectivity index (χ0n) is 17.8. The molecule has 1 aromatic carbocycles. The largest absolute Gasteiger partial charge is 1.00 e. The van der Waals surface area contributed by atoms with E-state index in [9.17, 15) is 18.1 Å². The number of aromatic hydroxyl groups is 1. The molecule has 0 spiro atoms. The smallest absolute Gasteiger partial charge is 0.716 e. The molecule has 2 N–H and O–H groups in total. The number of unbranched alkanes of at least 4 members (excludes halogenated alkanes) is 7. The van der Waals surface area contributed by atoms with Crippen LogP contribution < -0.4 is 65.0 Å². The number of methoxy groups -OCH3 is 2. The molecule has 10 heteroatoms. The second-order valence-corrected chi connectivity index (χ2v) is 7.62. The summed E-state index contributed by atoms with van der Waals surface area (Å²) in [7, 11) is -2.44. The maximum atomic E-state index is 11.1. The fraction of sp³-hybridized carbons (Fsp3) is 0.684. The Morgan fingerprint density at radius 2 is 1.34 bits per heavy atom. The van der Waals surface area contributed by atoms with E-state index in [2.05, 4.69) is 4.18 Å². The average molecular weight is 459 g/mol. The summed E-state index contributed by atoms with van der Waals surface area (Å²) in [5, 5.41) is 19.3. The van der Waals surface area contributed by atoms with Crippen LogP contribution in [0.5, 0.6) is 23.0 Å². The van der Waals surface area contributed by atoms with Crippen molar-refractivity contribution in [3.8, 4) is 23.0 Å². The van der Waals surface area contributed by atoms with Crippen molar-refractivity contribution in [1.29, 1.82) is 0 Å². The van der Waals surface area contributed by atoms with E-state index in [0.717, 1.165) is 51.4 Å². The second kappa shape index (κ2) is 14.8. The molecule has 0 fully saturated rings. The normalized spacial score (nSPS) is 11.1. The molecule has 0 saturated carbocycles. The number of aliphatic hydroxyl groups excluding tert-OH is 1. The minimum atomic E-state index is -5.01. The van der Waals surface area contributed by atoms with Gasteiger partial charge in [-0.25, -0.2) is 8.42 Å². The maximum absolute atomic E-state index is 11.1. The molecule has 0 unspecified atom stereocenters. The van der Waals surface area contributed by atoms with E-state index in [4.69, 9.17) is 14.6 Å².